The van der Waals surface area contributed by atoms with E-state index in [1.54, 1.807) is 0 Å². The van der Waals surface area contributed by atoms with E-state index in [2.05, 4.69) is 22.5 Å². The number of halogens is 1. The highest BCUT2D eigenvalue weighted by atomic mass is 19.1. The molecule has 1 aromatic rings. The molecule has 1 aliphatic heterocycles. The Kier molecular flexibility index (Phi) is 4.86. The molecular weight excluding hydrogens is 289 g/mol. The second-order valence-corrected chi connectivity index (χ2v) is 4.65. The van der Waals surface area contributed by atoms with Gasteiger partial charge in [0.15, 0.2) is 5.82 Å². The van der Waals surface area contributed by atoms with Crippen LogP contribution in [0.3, 0.4) is 0 Å². The Bertz CT molecular complexity index is 691. The molecule has 6 nitrogen and oxygen atoms in total. The highest BCUT2D eigenvalue weighted by Gasteiger charge is 2.28. The van der Waals surface area contributed by atoms with E-state index in [9.17, 15) is 18.8 Å². The molecule has 22 heavy (non-hydrogen) atoms. The minimum Gasteiger partial charge on any atom is -0.340 e. The SMILES string of the molecule is NCC#Cc1cccc(C(=O)NC2CCC(=O)NC2=O)c1F. The minimum atomic E-state index is -0.858. The lowest BCUT2D eigenvalue weighted by atomic mass is 10.0. The fraction of sp³-hybridized carbons (Fsp3) is 0.267. The van der Waals surface area contributed by atoms with E-state index in [1.807, 2.05) is 0 Å². The quantitative estimate of drug-likeness (QED) is 0.514. The highest BCUT2D eigenvalue weighted by molar-refractivity contribution is 6.03. The van der Waals surface area contributed by atoms with Gasteiger partial charge in [-0.3, -0.25) is 19.7 Å². The third kappa shape index (κ3) is 3.48. The van der Waals surface area contributed by atoms with Gasteiger partial charge in [0.25, 0.3) is 5.91 Å². The van der Waals surface area contributed by atoms with Gasteiger partial charge in [0, 0.05) is 6.42 Å². The first-order valence-electron chi connectivity index (χ1n) is 6.65. The fourth-order valence-electron chi connectivity index (χ4n) is 2.02. The van der Waals surface area contributed by atoms with Crippen molar-refractivity contribution in [3.05, 3.63) is 35.1 Å². The van der Waals surface area contributed by atoms with Crippen molar-refractivity contribution in [3.8, 4) is 11.8 Å². The predicted octanol–water partition coefficient (Wildman–Crippen LogP) is -0.329. The summed E-state index contributed by atoms with van der Waals surface area (Å²) >= 11 is 0. The normalized spacial score (nSPS) is 17.3. The number of carbonyl (C=O) groups is 3. The van der Waals surface area contributed by atoms with Gasteiger partial charge in [-0.15, -0.1) is 0 Å². The van der Waals surface area contributed by atoms with Gasteiger partial charge in [0.05, 0.1) is 17.7 Å². The number of hydrogen-bond donors (Lipinski definition) is 3. The van der Waals surface area contributed by atoms with Crippen LogP contribution in [0, 0.1) is 17.7 Å². The van der Waals surface area contributed by atoms with Crippen LogP contribution in [0.1, 0.15) is 28.8 Å². The zero-order valence-corrected chi connectivity index (χ0v) is 11.6. The van der Waals surface area contributed by atoms with Crippen molar-refractivity contribution in [1.29, 1.82) is 0 Å². The first kappa shape index (κ1) is 15.7. The molecule has 1 saturated heterocycles. The lowest BCUT2D eigenvalue weighted by molar-refractivity contribution is -0.134. The number of carbonyl (C=O) groups excluding carboxylic acids is 3. The molecule has 0 bridgehead atoms. The van der Waals surface area contributed by atoms with Crippen molar-refractivity contribution in [3.63, 3.8) is 0 Å². The number of nitrogens with two attached hydrogens (primary N) is 1. The molecule has 0 saturated carbocycles. The molecule has 0 aromatic heterocycles. The molecule has 1 aliphatic rings. The van der Waals surface area contributed by atoms with Gasteiger partial charge in [-0.1, -0.05) is 17.9 Å². The number of rotatable bonds is 2. The average molecular weight is 303 g/mol. The summed E-state index contributed by atoms with van der Waals surface area (Å²) in [6.07, 6.45) is 0.311. The van der Waals surface area contributed by atoms with E-state index in [0.29, 0.717) is 0 Å². The van der Waals surface area contributed by atoms with Crippen LogP contribution < -0.4 is 16.4 Å². The van der Waals surface area contributed by atoms with Gasteiger partial charge in [-0.25, -0.2) is 4.39 Å². The Morgan fingerprint density at radius 2 is 2.23 bits per heavy atom. The van der Waals surface area contributed by atoms with Gasteiger partial charge in [-0.2, -0.15) is 0 Å². The smallest absolute Gasteiger partial charge is 0.254 e. The summed E-state index contributed by atoms with van der Waals surface area (Å²) < 4.78 is 14.2. The van der Waals surface area contributed by atoms with E-state index in [-0.39, 0.29) is 36.4 Å². The van der Waals surface area contributed by atoms with Crippen molar-refractivity contribution >= 4 is 17.7 Å². The van der Waals surface area contributed by atoms with Gasteiger partial charge < -0.3 is 11.1 Å². The maximum atomic E-state index is 14.2. The number of hydrogen-bond acceptors (Lipinski definition) is 4. The number of nitrogens with one attached hydrogen (secondary N) is 2. The molecule has 1 heterocycles. The van der Waals surface area contributed by atoms with Gasteiger partial charge in [-0.05, 0) is 18.6 Å². The van der Waals surface area contributed by atoms with Crippen LogP contribution in [-0.2, 0) is 9.59 Å². The van der Waals surface area contributed by atoms with E-state index in [0.717, 1.165) is 0 Å². The van der Waals surface area contributed by atoms with Crippen molar-refractivity contribution in [2.24, 2.45) is 5.73 Å². The zero-order valence-electron chi connectivity index (χ0n) is 11.6. The Morgan fingerprint density at radius 3 is 2.91 bits per heavy atom. The molecule has 1 fully saturated rings. The van der Waals surface area contributed by atoms with Crippen LogP contribution in [0.5, 0.6) is 0 Å². The second kappa shape index (κ2) is 6.83. The summed E-state index contributed by atoms with van der Waals surface area (Å²) in [6.45, 7) is 0.0755. The van der Waals surface area contributed by atoms with Crippen molar-refractivity contribution in [2.75, 3.05) is 6.54 Å². The van der Waals surface area contributed by atoms with E-state index < -0.39 is 23.7 Å². The molecule has 3 amide bonds. The molecule has 7 heteroatoms. The minimum absolute atomic E-state index is 0.0568. The third-order valence-electron chi connectivity index (χ3n) is 3.11. The molecule has 0 radical (unpaired) electrons. The number of amides is 3. The predicted molar refractivity (Wildman–Crippen MR) is 76.0 cm³/mol. The molecule has 1 unspecified atom stereocenters. The Morgan fingerprint density at radius 1 is 1.45 bits per heavy atom. The monoisotopic (exact) mass is 303 g/mol. The molecule has 1 atom stereocenters. The van der Waals surface area contributed by atoms with Crippen LogP contribution >= 0.6 is 0 Å². The average Bonchev–Trinajstić information content (AvgIpc) is 2.49. The second-order valence-electron chi connectivity index (χ2n) is 4.65. The molecule has 0 aliphatic carbocycles. The summed E-state index contributed by atoms with van der Waals surface area (Å²) in [5, 5.41) is 4.53. The van der Waals surface area contributed by atoms with Crippen LogP contribution in [0.25, 0.3) is 0 Å². The molecule has 4 N–H and O–H groups in total. The maximum absolute atomic E-state index is 14.2. The van der Waals surface area contributed by atoms with E-state index in [1.165, 1.54) is 18.2 Å². The van der Waals surface area contributed by atoms with Crippen LogP contribution in [0.2, 0.25) is 0 Å². The first-order chi connectivity index (χ1) is 10.5. The Labute approximate surface area is 126 Å². The first-order valence-corrected chi connectivity index (χ1v) is 6.65. The molecule has 2 rings (SSSR count). The van der Waals surface area contributed by atoms with Crippen molar-refractivity contribution < 1.29 is 18.8 Å². The summed E-state index contributed by atoms with van der Waals surface area (Å²) in [5.41, 5.74) is 5.07. The molecule has 0 spiro atoms. The number of benzene rings is 1. The topological polar surface area (TPSA) is 101 Å². The standard InChI is InChI=1S/C15H14FN3O3/c16-13-9(4-2-8-17)3-1-5-10(13)14(21)18-11-6-7-12(20)19-15(11)22/h1,3,5,11H,6-8,17H2,(H,18,21)(H,19,20,22). The third-order valence-corrected chi connectivity index (χ3v) is 3.11. The van der Waals surface area contributed by atoms with Gasteiger partial charge >= 0.3 is 0 Å². The fourth-order valence-corrected chi connectivity index (χ4v) is 2.02. The van der Waals surface area contributed by atoms with E-state index in [4.69, 9.17) is 5.73 Å². The summed E-state index contributed by atoms with van der Waals surface area (Å²) in [6, 6.07) is 3.36. The molecular formula is C15H14FN3O3. The molecule has 114 valence electrons. The summed E-state index contributed by atoms with van der Waals surface area (Å²) in [4.78, 5) is 34.7. The van der Waals surface area contributed by atoms with Gasteiger partial charge in [0.1, 0.15) is 6.04 Å². The van der Waals surface area contributed by atoms with Crippen molar-refractivity contribution in [2.45, 2.75) is 18.9 Å². The van der Waals surface area contributed by atoms with Gasteiger partial charge in [0.2, 0.25) is 11.8 Å². The summed E-state index contributed by atoms with van der Waals surface area (Å²) in [7, 11) is 0. The maximum Gasteiger partial charge on any atom is 0.254 e. The van der Waals surface area contributed by atoms with Crippen LogP contribution in [0.15, 0.2) is 18.2 Å². The van der Waals surface area contributed by atoms with E-state index >= 15 is 0 Å². The van der Waals surface area contributed by atoms with Crippen LogP contribution in [0.4, 0.5) is 4.39 Å². The Hall–Kier alpha value is -2.72. The van der Waals surface area contributed by atoms with Crippen LogP contribution in [-0.4, -0.2) is 30.3 Å². The van der Waals surface area contributed by atoms with Crippen molar-refractivity contribution in [1.82, 2.24) is 10.6 Å². The summed E-state index contributed by atoms with van der Waals surface area (Å²) in [5.74, 6) is 2.56. The lowest BCUT2D eigenvalue weighted by Crippen LogP contribution is -2.52. The largest absolute Gasteiger partial charge is 0.340 e. The molecule has 1 aromatic carbocycles. The number of piperidine rings is 1. The number of imide groups is 1. The highest BCUT2D eigenvalue weighted by Crippen LogP contribution is 2.13. The Balaban J connectivity index is 2.16. The zero-order chi connectivity index (χ0) is 16.1. The lowest BCUT2D eigenvalue weighted by Gasteiger charge is -2.21.